The van der Waals surface area contributed by atoms with Crippen molar-refractivity contribution in [3.63, 3.8) is 0 Å². The lowest BCUT2D eigenvalue weighted by atomic mass is 10.3. The highest BCUT2D eigenvalue weighted by Gasteiger charge is 2.21. The quantitative estimate of drug-likeness (QED) is 0.191. The first-order chi connectivity index (χ1) is 15.0. The van der Waals surface area contributed by atoms with Crippen LogP contribution in [0, 0.1) is 15.9 Å². The molecule has 0 saturated heterocycles. The zero-order valence-corrected chi connectivity index (χ0v) is 16.1. The number of carbonyl (C=O) groups is 1. The van der Waals surface area contributed by atoms with Gasteiger partial charge in [-0.1, -0.05) is 30.3 Å². The van der Waals surface area contributed by atoms with E-state index in [2.05, 4.69) is 4.98 Å². The fraction of sp³-hybridized carbons (Fsp3) is 0.0909. The molecule has 3 aromatic carbocycles. The number of imidazole rings is 1. The van der Waals surface area contributed by atoms with Crippen molar-refractivity contribution in [1.82, 2.24) is 9.55 Å². The number of carbonyl (C=O) groups excluding carboxylic acids is 1. The molecular formula is C22H16FN3O5. The predicted molar refractivity (Wildman–Crippen MR) is 109 cm³/mol. The molecule has 4 aromatic rings. The van der Waals surface area contributed by atoms with Crippen LogP contribution in [0.2, 0.25) is 0 Å². The third-order valence-electron chi connectivity index (χ3n) is 4.47. The van der Waals surface area contributed by atoms with Gasteiger partial charge in [0.05, 0.1) is 16.0 Å². The Morgan fingerprint density at radius 2 is 1.81 bits per heavy atom. The fourth-order valence-electron chi connectivity index (χ4n) is 3.08. The number of ether oxygens (including phenoxy) is 2. The minimum absolute atomic E-state index is 0.0894. The number of hydrogen-bond acceptors (Lipinski definition) is 6. The molecule has 0 aliphatic rings. The van der Waals surface area contributed by atoms with E-state index in [1.165, 1.54) is 0 Å². The number of fused-ring (bicyclic) bond motifs is 1. The topological polar surface area (TPSA) is 96.5 Å². The number of nitro groups is 1. The van der Waals surface area contributed by atoms with Gasteiger partial charge in [0.2, 0.25) is 5.75 Å². The van der Waals surface area contributed by atoms with Gasteiger partial charge in [-0.15, -0.1) is 0 Å². The van der Waals surface area contributed by atoms with E-state index in [0.29, 0.717) is 22.6 Å². The van der Waals surface area contributed by atoms with Crippen molar-refractivity contribution in [1.29, 1.82) is 0 Å². The summed E-state index contributed by atoms with van der Waals surface area (Å²) < 4.78 is 26.0. The summed E-state index contributed by atoms with van der Waals surface area (Å²) in [5, 5.41) is 11.1. The summed E-state index contributed by atoms with van der Waals surface area (Å²) in [6, 6.07) is 19.0. The molecule has 0 unspecified atom stereocenters. The molecule has 1 aromatic heterocycles. The van der Waals surface area contributed by atoms with Crippen LogP contribution < -0.4 is 9.47 Å². The number of hydrogen-bond donors (Lipinski definition) is 0. The monoisotopic (exact) mass is 421 g/mol. The lowest BCUT2D eigenvalue weighted by Gasteiger charge is -2.11. The Bertz CT molecular complexity index is 1260. The summed E-state index contributed by atoms with van der Waals surface area (Å²) in [7, 11) is 0. The van der Waals surface area contributed by atoms with Crippen LogP contribution in [0.25, 0.3) is 11.0 Å². The molecule has 0 saturated carbocycles. The highest BCUT2D eigenvalue weighted by Crippen LogP contribution is 2.28. The normalized spacial score (nSPS) is 10.7. The van der Waals surface area contributed by atoms with Crippen LogP contribution in [0.15, 0.2) is 72.8 Å². The van der Waals surface area contributed by atoms with E-state index >= 15 is 0 Å². The highest BCUT2D eigenvalue weighted by molar-refractivity contribution is 5.80. The second-order valence-corrected chi connectivity index (χ2v) is 6.55. The Morgan fingerprint density at radius 1 is 1.06 bits per heavy atom. The van der Waals surface area contributed by atoms with Crippen molar-refractivity contribution < 1.29 is 23.6 Å². The molecule has 156 valence electrons. The Hall–Kier alpha value is -4.27. The number of rotatable bonds is 7. The summed E-state index contributed by atoms with van der Waals surface area (Å²) in [6.45, 7) is -0.201. The molecule has 0 radical (unpaired) electrons. The van der Waals surface area contributed by atoms with Gasteiger partial charge in [-0.3, -0.25) is 10.1 Å². The summed E-state index contributed by atoms with van der Waals surface area (Å²) in [5.74, 6) is -0.910. The SMILES string of the molecule is O=C(Cn1c(COc2ccccc2)nc2ccccc21)Oc1cc(F)ccc1[N+](=O)[O-]. The molecule has 1 heterocycles. The molecule has 8 nitrogen and oxygen atoms in total. The second-order valence-electron chi connectivity index (χ2n) is 6.55. The van der Waals surface area contributed by atoms with Crippen molar-refractivity contribution >= 4 is 22.7 Å². The summed E-state index contributed by atoms with van der Waals surface area (Å²) in [6.07, 6.45) is 0. The average Bonchev–Trinajstić information content (AvgIpc) is 3.10. The molecule has 0 fully saturated rings. The van der Waals surface area contributed by atoms with Gasteiger partial charge in [0, 0.05) is 12.1 Å². The maximum Gasteiger partial charge on any atom is 0.331 e. The molecule has 0 bridgehead atoms. The Labute approximate surface area is 175 Å². The summed E-state index contributed by atoms with van der Waals surface area (Å²) >= 11 is 0. The Kier molecular flexibility index (Phi) is 5.57. The third kappa shape index (κ3) is 4.50. The average molecular weight is 421 g/mol. The van der Waals surface area contributed by atoms with Crippen LogP contribution in [-0.2, 0) is 17.9 Å². The molecule has 0 aliphatic heterocycles. The lowest BCUT2D eigenvalue weighted by Crippen LogP contribution is -2.19. The van der Waals surface area contributed by atoms with Crippen LogP contribution >= 0.6 is 0 Å². The van der Waals surface area contributed by atoms with Crippen molar-refractivity contribution in [2.24, 2.45) is 0 Å². The van der Waals surface area contributed by atoms with E-state index in [0.717, 1.165) is 18.2 Å². The molecule has 0 amide bonds. The molecule has 0 aliphatic carbocycles. The minimum Gasteiger partial charge on any atom is -0.486 e. The first kappa shape index (κ1) is 20.0. The first-order valence-corrected chi connectivity index (χ1v) is 9.28. The van der Waals surface area contributed by atoms with E-state index < -0.39 is 28.1 Å². The summed E-state index contributed by atoms with van der Waals surface area (Å²) in [4.78, 5) is 27.5. The van der Waals surface area contributed by atoms with Gasteiger partial charge in [0.1, 0.15) is 30.5 Å². The van der Waals surface area contributed by atoms with Crippen molar-refractivity contribution in [2.75, 3.05) is 0 Å². The van der Waals surface area contributed by atoms with Gasteiger partial charge in [0.15, 0.2) is 0 Å². The van der Waals surface area contributed by atoms with Crippen LogP contribution in [0.4, 0.5) is 10.1 Å². The van der Waals surface area contributed by atoms with Crippen molar-refractivity contribution in [3.05, 3.63) is 94.6 Å². The van der Waals surface area contributed by atoms with E-state index in [9.17, 15) is 19.3 Å². The molecule has 31 heavy (non-hydrogen) atoms. The van der Waals surface area contributed by atoms with Gasteiger partial charge in [-0.2, -0.15) is 0 Å². The van der Waals surface area contributed by atoms with Crippen molar-refractivity contribution in [2.45, 2.75) is 13.2 Å². The van der Waals surface area contributed by atoms with E-state index in [-0.39, 0.29) is 13.2 Å². The molecule has 0 spiro atoms. The number of nitrogens with zero attached hydrogens (tertiary/aromatic N) is 3. The van der Waals surface area contributed by atoms with Crippen LogP contribution in [0.3, 0.4) is 0 Å². The lowest BCUT2D eigenvalue weighted by molar-refractivity contribution is -0.385. The summed E-state index contributed by atoms with van der Waals surface area (Å²) in [5.41, 5.74) is 0.816. The van der Waals surface area contributed by atoms with Gasteiger partial charge < -0.3 is 14.0 Å². The number of para-hydroxylation sites is 3. The van der Waals surface area contributed by atoms with Gasteiger partial charge >= 0.3 is 11.7 Å². The molecule has 4 rings (SSSR count). The number of aromatic nitrogens is 2. The largest absolute Gasteiger partial charge is 0.486 e. The second kappa shape index (κ2) is 8.62. The van der Waals surface area contributed by atoms with Crippen molar-refractivity contribution in [3.8, 4) is 11.5 Å². The molecule has 0 atom stereocenters. The Balaban J connectivity index is 1.59. The smallest absolute Gasteiger partial charge is 0.331 e. The number of halogens is 1. The van der Waals surface area contributed by atoms with Crippen LogP contribution in [0.5, 0.6) is 11.5 Å². The maximum atomic E-state index is 13.5. The number of esters is 1. The van der Waals surface area contributed by atoms with E-state index in [4.69, 9.17) is 9.47 Å². The van der Waals surface area contributed by atoms with E-state index in [1.54, 1.807) is 34.9 Å². The maximum absolute atomic E-state index is 13.5. The van der Waals surface area contributed by atoms with Gasteiger partial charge in [-0.25, -0.2) is 14.2 Å². The van der Waals surface area contributed by atoms with Crippen LogP contribution in [-0.4, -0.2) is 20.4 Å². The zero-order chi connectivity index (χ0) is 21.8. The van der Waals surface area contributed by atoms with E-state index in [1.807, 2.05) is 24.3 Å². The molecule has 0 N–H and O–H groups in total. The first-order valence-electron chi connectivity index (χ1n) is 9.28. The number of benzene rings is 3. The number of nitro benzene ring substituents is 1. The fourth-order valence-corrected chi connectivity index (χ4v) is 3.08. The minimum atomic E-state index is -0.808. The molecular weight excluding hydrogens is 405 g/mol. The highest BCUT2D eigenvalue weighted by atomic mass is 19.1. The third-order valence-corrected chi connectivity index (χ3v) is 4.47. The van der Waals surface area contributed by atoms with Gasteiger partial charge in [0.25, 0.3) is 0 Å². The zero-order valence-electron chi connectivity index (χ0n) is 16.1. The van der Waals surface area contributed by atoms with Crippen LogP contribution in [0.1, 0.15) is 5.82 Å². The standard InChI is InChI=1S/C22H16FN3O5/c23-15-10-11-19(26(28)29)20(12-15)31-22(27)13-25-18-9-5-4-8-17(18)24-21(25)14-30-16-6-2-1-3-7-16/h1-12H,13-14H2. The molecule has 9 heteroatoms. The Morgan fingerprint density at radius 3 is 2.58 bits per heavy atom. The van der Waals surface area contributed by atoms with Gasteiger partial charge in [-0.05, 0) is 30.3 Å². The predicted octanol–water partition coefficient (Wildman–Crippen LogP) is 4.27.